The maximum atomic E-state index is 14.4. The van der Waals surface area contributed by atoms with Crippen LogP contribution in [-0.4, -0.2) is 48.1 Å². The van der Waals surface area contributed by atoms with Crippen LogP contribution < -0.4 is 4.72 Å². The van der Waals surface area contributed by atoms with Crippen LogP contribution >= 0.6 is 23.2 Å². The fourth-order valence-electron chi connectivity index (χ4n) is 5.80. The van der Waals surface area contributed by atoms with Gasteiger partial charge in [-0.05, 0) is 74.4 Å². The molecule has 4 rings (SSSR count). The lowest BCUT2D eigenvalue weighted by molar-refractivity contribution is -0.160. The van der Waals surface area contributed by atoms with Gasteiger partial charge in [0, 0.05) is 22.0 Å². The first kappa shape index (κ1) is 28.9. The minimum Gasteiger partial charge on any atom is -0.481 e. The number of nitrogens with one attached hydrogen (secondary N) is 1. The molecule has 0 spiro atoms. The number of carboxylic acids is 1. The smallest absolute Gasteiger partial charge is 0.304 e. The molecule has 10 heteroatoms. The number of halogens is 2. The molecule has 7 nitrogen and oxygen atoms in total. The minimum atomic E-state index is -3.72. The first-order valence-corrected chi connectivity index (χ1v) is 15.3. The summed E-state index contributed by atoms with van der Waals surface area (Å²) < 4.78 is 29.0. The monoisotopic (exact) mass is 580 g/mol. The number of sulfonamides is 1. The van der Waals surface area contributed by atoms with Crippen molar-refractivity contribution in [2.45, 2.75) is 70.5 Å². The molecule has 38 heavy (non-hydrogen) atoms. The topological polar surface area (TPSA) is 104 Å². The molecule has 206 valence electrons. The van der Waals surface area contributed by atoms with Crippen LogP contribution in [0.5, 0.6) is 0 Å². The van der Waals surface area contributed by atoms with E-state index in [0.29, 0.717) is 10.0 Å². The molecule has 2 N–H and O–H groups in total. The summed E-state index contributed by atoms with van der Waals surface area (Å²) in [7, 11) is -3.72. The van der Waals surface area contributed by atoms with Gasteiger partial charge in [-0.3, -0.25) is 9.59 Å². The van der Waals surface area contributed by atoms with E-state index in [9.17, 15) is 23.1 Å². The maximum Gasteiger partial charge on any atom is 0.304 e. The van der Waals surface area contributed by atoms with Crippen molar-refractivity contribution in [3.63, 3.8) is 0 Å². The highest BCUT2D eigenvalue weighted by Gasteiger charge is 2.55. The summed E-state index contributed by atoms with van der Waals surface area (Å²) in [5.41, 5.74) is 0.443. The van der Waals surface area contributed by atoms with Gasteiger partial charge in [0.25, 0.3) is 0 Å². The predicted octanol–water partition coefficient (Wildman–Crippen LogP) is 5.64. The van der Waals surface area contributed by atoms with Crippen molar-refractivity contribution >= 4 is 45.1 Å². The average molecular weight is 582 g/mol. The van der Waals surface area contributed by atoms with Crippen LogP contribution in [0, 0.1) is 11.3 Å². The fourth-order valence-corrected chi connectivity index (χ4v) is 7.82. The molecule has 1 aliphatic heterocycles. The van der Waals surface area contributed by atoms with Crippen LogP contribution in [0.3, 0.4) is 0 Å². The number of rotatable bonds is 10. The van der Waals surface area contributed by atoms with Gasteiger partial charge in [0.2, 0.25) is 15.9 Å². The highest BCUT2D eigenvalue weighted by Crippen LogP contribution is 2.54. The van der Waals surface area contributed by atoms with E-state index in [1.807, 2.05) is 30.3 Å². The summed E-state index contributed by atoms with van der Waals surface area (Å²) in [5, 5.41) is 10.9. The van der Waals surface area contributed by atoms with Gasteiger partial charge >= 0.3 is 5.97 Å². The molecule has 0 bridgehead atoms. The number of amides is 1. The van der Waals surface area contributed by atoms with Crippen molar-refractivity contribution < 1.29 is 23.1 Å². The number of benzene rings is 2. The molecule has 1 unspecified atom stereocenters. The Hall–Kier alpha value is -2.13. The van der Waals surface area contributed by atoms with Crippen LogP contribution in [0.15, 0.2) is 48.5 Å². The fraction of sp³-hybridized carbons (Fsp3) is 0.500. The predicted molar refractivity (Wildman–Crippen MR) is 149 cm³/mol. The Morgan fingerprint density at radius 3 is 2.32 bits per heavy atom. The molecular weight excluding hydrogens is 547 g/mol. The number of carboxylic acid groups (broad SMARTS) is 1. The van der Waals surface area contributed by atoms with Gasteiger partial charge in [-0.25, -0.2) is 13.1 Å². The third-order valence-corrected chi connectivity index (χ3v) is 9.56. The van der Waals surface area contributed by atoms with E-state index in [1.54, 1.807) is 43.9 Å². The van der Waals surface area contributed by atoms with Crippen molar-refractivity contribution in [2.24, 2.45) is 11.3 Å². The summed E-state index contributed by atoms with van der Waals surface area (Å²) in [5.74, 6) is -1.98. The van der Waals surface area contributed by atoms with Gasteiger partial charge in [0.05, 0.1) is 29.7 Å². The zero-order valence-electron chi connectivity index (χ0n) is 21.7. The Balaban J connectivity index is 1.91. The van der Waals surface area contributed by atoms with Crippen LogP contribution in [0.25, 0.3) is 0 Å². The second kappa shape index (κ2) is 11.2. The number of aliphatic carboxylic acids is 1. The van der Waals surface area contributed by atoms with Gasteiger partial charge in [-0.2, -0.15) is 0 Å². The SMILES string of the molecule is CC(C)NS(=O)(=O)C[C@H](C1CC1)N1C(=O)[C@@](C)(CC(=O)O)CC(c2cccc(Cl)c2)[C@H]1c1ccc(Cl)cc1. The highest BCUT2D eigenvalue weighted by atomic mass is 35.5. The molecule has 1 aliphatic carbocycles. The lowest BCUT2D eigenvalue weighted by atomic mass is 9.67. The van der Waals surface area contributed by atoms with Gasteiger partial charge in [0.1, 0.15) is 0 Å². The van der Waals surface area contributed by atoms with Gasteiger partial charge in [0.15, 0.2) is 0 Å². The van der Waals surface area contributed by atoms with E-state index in [1.165, 1.54) is 0 Å². The van der Waals surface area contributed by atoms with E-state index >= 15 is 0 Å². The van der Waals surface area contributed by atoms with Crippen molar-refractivity contribution in [3.8, 4) is 0 Å². The van der Waals surface area contributed by atoms with Crippen molar-refractivity contribution in [3.05, 3.63) is 69.7 Å². The van der Waals surface area contributed by atoms with E-state index in [2.05, 4.69) is 4.72 Å². The first-order chi connectivity index (χ1) is 17.8. The summed E-state index contributed by atoms with van der Waals surface area (Å²) >= 11 is 12.6. The maximum absolute atomic E-state index is 14.4. The van der Waals surface area contributed by atoms with Crippen LogP contribution in [-0.2, 0) is 19.6 Å². The third-order valence-electron chi connectivity index (χ3n) is 7.46. The summed E-state index contributed by atoms with van der Waals surface area (Å²) in [6.45, 7) is 5.19. The normalized spacial score (nSPS) is 25.0. The number of hydrogen-bond donors (Lipinski definition) is 2. The first-order valence-electron chi connectivity index (χ1n) is 12.8. The van der Waals surface area contributed by atoms with Crippen LogP contribution in [0.4, 0.5) is 0 Å². The standard InChI is InChI=1S/C28H34Cl2N2O5S/c1-17(2)31-38(36,37)16-24(18-7-8-18)32-26(19-9-11-21(29)12-10-19)23(20-5-4-6-22(30)13-20)14-28(3,27(32)35)15-25(33)34/h4-6,9-13,17-18,23-24,26,31H,7-8,14-16H2,1-3H3,(H,33,34)/t23?,24-,26-,28-/m1/s1. The lowest BCUT2D eigenvalue weighted by Crippen LogP contribution is -2.58. The van der Waals surface area contributed by atoms with Crippen molar-refractivity contribution in [1.82, 2.24) is 9.62 Å². The molecule has 0 radical (unpaired) electrons. The molecule has 1 saturated heterocycles. The minimum absolute atomic E-state index is 0.00433. The van der Waals surface area contributed by atoms with Gasteiger partial charge in [-0.1, -0.05) is 54.4 Å². The molecule has 4 atom stereocenters. The molecule has 2 fully saturated rings. The number of hydrogen-bond acceptors (Lipinski definition) is 4. The number of carbonyl (C=O) groups is 2. The molecule has 2 aromatic rings. The second-order valence-corrected chi connectivity index (χ2v) is 13.8. The summed E-state index contributed by atoms with van der Waals surface area (Å²) in [6.07, 6.45) is 1.52. The van der Waals surface area contributed by atoms with Crippen LogP contribution in [0.2, 0.25) is 10.0 Å². The summed E-state index contributed by atoms with van der Waals surface area (Å²) in [6, 6.07) is 13.2. The van der Waals surface area contributed by atoms with Crippen molar-refractivity contribution in [1.29, 1.82) is 0 Å². The van der Waals surface area contributed by atoms with Gasteiger partial charge in [-0.15, -0.1) is 0 Å². The molecule has 0 aromatic heterocycles. The molecule has 2 aromatic carbocycles. The molecule has 1 heterocycles. The van der Waals surface area contributed by atoms with Gasteiger partial charge < -0.3 is 10.0 Å². The van der Waals surface area contributed by atoms with Crippen molar-refractivity contribution in [2.75, 3.05) is 5.75 Å². The number of nitrogens with zero attached hydrogens (tertiary/aromatic N) is 1. The Bertz CT molecular complexity index is 1300. The summed E-state index contributed by atoms with van der Waals surface area (Å²) in [4.78, 5) is 28.0. The zero-order valence-corrected chi connectivity index (χ0v) is 24.1. The number of likely N-dealkylation sites (tertiary alicyclic amines) is 1. The number of carbonyl (C=O) groups excluding carboxylic acids is 1. The molecule has 1 saturated carbocycles. The quantitative estimate of drug-likeness (QED) is 0.378. The Morgan fingerprint density at radius 1 is 1.11 bits per heavy atom. The Morgan fingerprint density at radius 2 is 1.76 bits per heavy atom. The zero-order chi connectivity index (χ0) is 27.8. The second-order valence-electron chi connectivity index (χ2n) is 11.2. The van der Waals surface area contributed by atoms with Crippen LogP contribution in [0.1, 0.15) is 69.5 Å². The van der Waals surface area contributed by atoms with E-state index in [0.717, 1.165) is 24.0 Å². The molecule has 2 aliphatic rings. The lowest BCUT2D eigenvalue weighted by Gasteiger charge is -2.52. The van der Waals surface area contributed by atoms with E-state index in [-0.39, 0.29) is 42.4 Å². The average Bonchev–Trinajstić information content (AvgIpc) is 3.64. The van der Waals surface area contributed by atoms with E-state index in [4.69, 9.17) is 23.2 Å². The van der Waals surface area contributed by atoms with E-state index < -0.39 is 33.5 Å². The highest BCUT2D eigenvalue weighted by molar-refractivity contribution is 7.89. The molecule has 1 amide bonds. The largest absolute Gasteiger partial charge is 0.481 e. The Kier molecular flexibility index (Phi) is 8.48. The molecular formula is C28H34Cl2N2O5S. The Labute approximate surface area is 234 Å². The number of piperidine rings is 1. The third kappa shape index (κ3) is 6.53.